The number of rotatable bonds is 3. The molecule has 3 rings (SSSR count). The zero-order valence-electron chi connectivity index (χ0n) is 10.9. The van der Waals surface area contributed by atoms with Gasteiger partial charge < -0.3 is 14.1 Å². The highest BCUT2D eigenvalue weighted by Gasteiger charge is 2.33. The predicted octanol–water partition coefficient (Wildman–Crippen LogP) is 1.59. The van der Waals surface area contributed by atoms with Crippen LogP contribution in [0.1, 0.15) is 10.4 Å². The second kappa shape index (κ2) is 5.57. The molecular formula is C14H11ClN2O4. The highest BCUT2D eigenvalue weighted by molar-refractivity contribution is 6.31. The summed E-state index contributed by atoms with van der Waals surface area (Å²) in [5.41, 5.74) is -0.148. The minimum atomic E-state index is -0.485. The number of ether oxygens (including phenoxy) is 1. The smallest absolute Gasteiger partial charge is 0.335 e. The Hall–Kier alpha value is -2.34. The number of carbonyl (C=O) groups excluding carboxylic acids is 1. The number of nitrogens with zero attached hydrogens (tertiary/aromatic N) is 2. The van der Waals surface area contributed by atoms with E-state index in [1.165, 1.54) is 12.1 Å². The summed E-state index contributed by atoms with van der Waals surface area (Å²) in [5, 5.41) is 0.437. The molecule has 2 aromatic heterocycles. The maximum absolute atomic E-state index is 12.1. The van der Waals surface area contributed by atoms with E-state index in [1.807, 2.05) is 0 Å². The van der Waals surface area contributed by atoms with Crippen LogP contribution >= 0.6 is 11.6 Å². The minimum Gasteiger partial charge on any atom is -0.470 e. The Balaban J connectivity index is 1.58. The zero-order chi connectivity index (χ0) is 14.8. The standard InChI is InChI=1S/C14H11ClN2O4/c15-11-2-1-5-16-13(11)21-10-6-17(7-10)14(19)9-3-4-12(18)20-8-9/h1-5,8,10H,6-7H2. The average Bonchev–Trinajstić information content (AvgIpc) is 2.44. The lowest BCUT2D eigenvalue weighted by atomic mass is 10.1. The molecule has 1 aliphatic rings. The van der Waals surface area contributed by atoms with Crippen molar-refractivity contribution in [3.63, 3.8) is 0 Å². The van der Waals surface area contributed by atoms with Gasteiger partial charge in [0.2, 0.25) is 5.88 Å². The van der Waals surface area contributed by atoms with Gasteiger partial charge >= 0.3 is 5.63 Å². The number of aromatic nitrogens is 1. The molecule has 1 saturated heterocycles. The van der Waals surface area contributed by atoms with E-state index >= 15 is 0 Å². The first-order valence-electron chi connectivity index (χ1n) is 6.29. The third-order valence-corrected chi connectivity index (χ3v) is 3.37. The Kier molecular flexibility index (Phi) is 3.62. The number of pyridine rings is 1. The molecule has 0 spiro atoms. The highest BCUT2D eigenvalue weighted by Crippen LogP contribution is 2.24. The van der Waals surface area contributed by atoms with Crippen LogP contribution in [-0.2, 0) is 0 Å². The molecule has 108 valence electrons. The summed E-state index contributed by atoms with van der Waals surface area (Å²) in [6.45, 7) is 0.871. The van der Waals surface area contributed by atoms with Crippen LogP contribution in [0.2, 0.25) is 5.02 Å². The van der Waals surface area contributed by atoms with Gasteiger partial charge in [-0.05, 0) is 18.2 Å². The number of carbonyl (C=O) groups is 1. The van der Waals surface area contributed by atoms with E-state index in [-0.39, 0.29) is 12.0 Å². The fourth-order valence-electron chi connectivity index (χ4n) is 1.96. The molecule has 2 aromatic rings. The van der Waals surface area contributed by atoms with Crippen LogP contribution in [0, 0.1) is 0 Å². The van der Waals surface area contributed by atoms with E-state index in [2.05, 4.69) is 9.40 Å². The van der Waals surface area contributed by atoms with Crippen molar-refractivity contribution >= 4 is 17.5 Å². The summed E-state index contributed by atoms with van der Waals surface area (Å²) in [6, 6.07) is 6.07. The Labute approximate surface area is 124 Å². The number of hydrogen-bond donors (Lipinski definition) is 0. The van der Waals surface area contributed by atoms with Gasteiger partial charge in [-0.3, -0.25) is 4.79 Å². The molecule has 1 amide bonds. The Morgan fingerprint density at radius 1 is 1.38 bits per heavy atom. The summed E-state index contributed by atoms with van der Waals surface area (Å²) in [7, 11) is 0. The maximum Gasteiger partial charge on any atom is 0.335 e. The Bertz CT molecular complexity index is 704. The normalized spacial score (nSPS) is 14.6. The van der Waals surface area contributed by atoms with Crippen molar-refractivity contribution in [1.29, 1.82) is 0 Å². The lowest BCUT2D eigenvalue weighted by molar-refractivity contribution is 0.0159. The molecule has 1 fully saturated rings. The molecule has 3 heterocycles. The van der Waals surface area contributed by atoms with Crippen LogP contribution in [0.25, 0.3) is 0 Å². The summed E-state index contributed by atoms with van der Waals surface area (Å²) in [6.07, 6.45) is 2.61. The van der Waals surface area contributed by atoms with Crippen molar-refractivity contribution in [1.82, 2.24) is 9.88 Å². The number of likely N-dealkylation sites (tertiary alicyclic amines) is 1. The minimum absolute atomic E-state index is 0.142. The van der Waals surface area contributed by atoms with Gasteiger partial charge in [0.25, 0.3) is 5.91 Å². The molecule has 7 heteroatoms. The van der Waals surface area contributed by atoms with Crippen molar-refractivity contribution in [3.05, 3.63) is 57.7 Å². The fourth-order valence-corrected chi connectivity index (χ4v) is 2.12. The van der Waals surface area contributed by atoms with Crippen LogP contribution in [0.3, 0.4) is 0 Å². The van der Waals surface area contributed by atoms with E-state index in [9.17, 15) is 9.59 Å². The second-order valence-corrected chi connectivity index (χ2v) is 4.99. The molecule has 1 aliphatic heterocycles. The van der Waals surface area contributed by atoms with E-state index in [4.69, 9.17) is 16.3 Å². The van der Waals surface area contributed by atoms with Crippen molar-refractivity contribution in [3.8, 4) is 5.88 Å². The van der Waals surface area contributed by atoms with Gasteiger partial charge in [-0.15, -0.1) is 0 Å². The summed E-state index contributed by atoms with van der Waals surface area (Å²) < 4.78 is 10.3. The molecule has 0 aliphatic carbocycles. The zero-order valence-corrected chi connectivity index (χ0v) is 11.6. The Morgan fingerprint density at radius 3 is 2.86 bits per heavy atom. The van der Waals surface area contributed by atoms with Crippen molar-refractivity contribution in [2.75, 3.05) is 13.1 Å². The quantitative estimate of drug-likeness (QED) is 0.861. The van der Waals surface area contributed by atoms with Crippen LogP contribution in [-0.4, -0.2) is 35.0 Å². The molecule has 0 radical (unpaired) electrons. The van der Waals surface area contributed by atoms with Gasteiger partial charge in [-0.2, -0.15) is 0 Å². The number of halogens is 1. The molecule has 0 saturated carbocycles. The summed E-state index contributed by atoms with van der Waals surface area (Å²) in [4.78, 5) is 28.5. The largest absolute Gasteiger partial charge is 0.470 e. The highest BCUT2D eigenvalue weighted by atomic mass is 35.5. The molecule has 21 heavy (non-hydrogen) atoms. The van der Waals surface area contributed by atoms with Crippen LogP contribution in [0.15, 0.2) is 45.9 Å². The maximum atomic E-state index is 12.1. The van der Waals surface area contributed by atoms with Crippen LogP contribution in [0.5, 0.6) is 5.88 Å². The number of hydrogen-bond acceptors (Lipinski definition) is 5. The van der Waals surface area contributed by atoms with Crippen LogP contribution < -0.4 is 10.4 Å². The topological polar surface area (TPSA) is 72.6 Å². The predicted molar refractivity (Wildman–Crippen MR) is 74.5 cm³/mol. The first kappa shape index (κ1) is 13.6. The Morgan fingerprint density at radius 2 is 2.19 bits per heavy atom. The van der Waals surface area contributed by atoms with E-state index in [0.29, 0.717) is 29.6 Å². The molecule has 0 atom stereocenters. The fraction of sp³-hybridized carbons (Fsp3) is 0.214. The van der Waals surface area contributed by atoms with Gasteiger partial charge in [-0.1, -0.05) is 11.6 Å². The molecule has 6 nitrogen and oxygen atoms in total. The molecule has 0 aromatic carbocycles. The molecule has 0 unspecified atom stereocenters. The summed E-state index contributed by atoms with van der Waals surface area (Å²) in [5.74, 6) is 0.160. The SMILES string of the molecule is O=C(c1ccc(=O)oc1)N1CC(Oc2ncccc2Cl)C1. The van der Waals surface area contributed by atoms with E-state index in [1.54, 1.807) is 23.2 Å². The van der Waals surface area contributed by atoms with E-state index in [0.717, 1.165) is 6.26 Å². The monoisotopic (exact) mass is 306 g/mol. The lowest BCUT2D eigenvalue weighted by Crippen LogP contribution is -2.56. The first-order chi connectivity index (χ1) is 10.1. The molecule has 0 N–H and O–H groups in total. The van der Waals surface area contributed by atoms with Crippen molar-refractivity contribution < 1.29 is 13.9 Å². The van der Waals surface area contributed by atoms with Gasteiger partial charge in [0.1, 0.15) is 17.4 Å². The van der Waals surface area contributed by atoms with Crippen molar-refractivity contribution in [2.45, 2.75) is 6.10 Å². The van der Waals surface area contributed by atoms with Gasteiger partial charge in [-0.25, -0.2) is 9.78 Å². The third kappa shape index (κ3) is 2.90. The average molecular weight is 307 g/mol. The third-order valence-electron chi connectivity index (χ3n) is 3.09. The van der Waals surface area contributed by atoms with Gasteiger partial charge in [0.05, 0.1) is 18.7 Å². The van der Waals surface area contributed by atoms with Gasteiger partial charge in [0, 0.05) is 12.3 Å². The lowest BCUT2D eigenvalue weighted by Gasteiger charge is -2.38. The van der Waals surface area contributed by atoms with E-state index < -0.39 is 5.63 Å². The molecule has 0 bridgehead atoms. The second-order valence-electron chi connectivity index (χ2n) is 4.58. The van der Waals surface area contributed by atoms with Gasteiger partial charge in [0.15, 0.2) is 0 Å². The molecular weight excluding hydrogens is 296 g/mol. The number of amides is 1. The van der Waals surface area contributed by atoms with Crippen molar-refractivity contribution in [2.24, 2.45) is 0 Å². The first-order valence-corrected chi connectivity index (χ1v) is 6.66. The van der Waals surface area contributed by atoms with Crippen LogP contribution in [0.4, 0.5) is 0 Å². The summed E-state index contributed by atoms with van der Waals surface area (Å²) >= 11 is 5.95.